The molecular weight excluding hydrogens is 358 g/mol. The molecule has 1 saturated heterocycles. The van der Waals surface area contributed by atoms with Gasteiger partial charge in [-0.3, -0.25) is 4.79 Å². The van der Waals surface area contributed by atoms with Crippen molar-refractivity contribution in [3.8, 4) is 5.75 Å². The van der Waals surface area contributed by atoms with E-state index in [4.69, 9.17) is 9.47 Å². The van der Waals surface area contributed by atoms with Gasteiger partial charge in [0.2, 0.25) is 0 Å². The van der Waals surface area contributed by atoms with Gasteiger partial charge in [-0.1, -0.05) is 6.92 Å². The predicted molar refractivity (Wildman–Crippen MR) is 96.9 cm³/mol. The Morgan fingerprint density at radius 1 is 1.27 bits per heavy atom. The topological polar surface area (TPSA) is 90.0 Å². The lowest BCUT2D eigenvalue weighted by Gasteiger charge is -2.33. The van der Waals surface area contributed by atoms with Crippen molar-refractivity contribution in [2.75, 3.05) is 25.2 Å². The Balaban J connectivity index is 2.01. The van der Waals surface area contributed by atoms with E-state index < -0.39 is 22.4 Å². The SMILES string of the molecule is CC[C@@H](C)N(C(=O)COC(=O)c1ccc(OC)cc1)[C@@H]1CCS(=O)(=O)C1. The van der Waals surface area contributed by atoms with Gasteiger partial charge in [-0.2, -0.15) is 0 Å². The number of rotatable bonds is 7. The van der Waals surface area contributed by atoms with Crippen LogP contribution < -0.4 is 4.74 Å². The molecule has 2 atom stereocenters. The van der Waals surface area contributed by atoms with Crippen LogP contribution in [0.5, 0.6) is 5.75 Å². The number of benzene rings is 1. The number of methoxy groups -OCH3 is 1. The van der Waals surface area contributed by atoms with Crippen LogP contribution in [0.25, 0.3) is 0 Å². The fraction of sp³-hybridized carbons (Fsp3) is 0.556. The summed E-state index contributed by atoms with van der Waals surface area (Å²) in [6.07, 6.45) is 1.11. The van der Waals surface area contributed by atoms with Crippen LogP contribution in [0.2, 0.25) is 0 Å². The van der Waals surface area contributed by atoms with Crippen molar-refractivity contribution in [2.45, 2.75) is 38.8 Å². The molecule has 26 heavy (non-hydrogen) atoms. The van der Waals surface area contributed by atoms with E-state index in [1.54, 1.807) is 29.2 Å². The highest BCUT2D eigenvalue weighted by molar-refractivity contribution is 7.91. The van der Waals surface area contributed by atoms with Gasteiger partial charge in [0, 0.05) is 12.1 Å². The molecule has 1 heterocycles. The number of carbonyl (C=O) groups is 2. The van der Waals surface area contributed by atoms with Crippen LogP contribution in [-0.4, -0.2) is 62.5 Å². The summed E-state index contributed by atoms with van der Waals surface area (Å²) in [5, 5.41) is 0. The molecule has 0 unspecified atom stereocenters. The largest absolute Gasteiger partial charge is 0.497 e. The van der Waals surface area contributed by atoms with Crippen LogP contribution in [0.3, 0.4) is 0 Å². The minimum Gasteiger partial charge on any atom is -0.497 e. The standard InChI is InChI=1S/C18H25NO6S/c1-4-13(2)19(15-9-10-26(22,23)12-15)17(20)11-25-18(21)14-5-7-16(24-3)8-6-14/h5-8,13,15H,4,9-12H2,1-3H3/t13-,15-/m1/s1. The Labute approximate surface area is 154 Å². The van der Waals surface area contributed by atoms with E-state index in [1.807, 2.05) is 13.8 Å². The molecule has 1 amide bonds. The summed E-state index contributed by atoms with van der Waals surface area (Å²) in [6.45, 7) is 3.39. The monoisotopic (exact) mass is 383 g/mol. The maximum Gasteiger partial charge on any atom is 0.338 e. The second-order valence-electron chi connectivity index (χ2n) is 6.42. The number of esters is 1. The van der Waals surface area contributed by atoms with Gasteiger partial charge in [-0.15, -0.1) is 0 Å². The minimum atomic E-state index is -3.11. The summed E-state index contributed by atoms with van der Waals surface area (Å²) < 4.78 is 33.7. The Bertz CT molecular complexity index is 743. The molecular formula is C18H25NO6S. The van der Waals surface area contributed by atoms with Crippen molar-refractivity contribution in [2.24, 2.45) is 0 Å². The van der Waals surface area contributed by atoms with Gasteiger partial charge < -0.3 is 14.4 Å². The summed E-state index contributed by atoms with van der Waals surface area (Å²) in [4.78, 5) is 26.3. The molecule has 0 radical (unpaired) electrons. The van der Waals surface area contributed by atoms with E-state index in [0.717, 1.165) is 0 Å². The van der Waals surface area contributed by atoms with Crippen LogP contribution in [0.1, 0.15) is 37.0 Å². The van der Waals surface area contributed by atoms with Crippen LogP contribution in [0.15, 0.2) is 24.3 Å². The Morgan fingerprint density at radius 2 is 1.92 bits per heavy atom. The lowest BCUT2D eigenvalue weighted by molar-refractivity contribution is -0.138. The van der Waals surface area contributed by atoms with Crippen molar-refractivity contribution in [3.63, 3.8) is 0 Å². The van der Waals surface area contributed by atoms with E-state index in [-0.39, 0.29) is 29.5 Å². The molecule has 144 valence electrons. The molecule has 0 aliphatic carbocycles. The third kappa shape index (κ3) is 4.97. The van der Waals surface area contributed by atoms with Gasteiger partial charge in [-0.05, 0) is 44.0 Å². The Morgan fingerprint density at radius 3 is 2.42 bits per heavy atom. The van der Waals surface area contributed by atoms with Crippen LogP contribution in [0.4, 0.5) is 0 Å². The van der Waals surface area contributed by atoms with E-state index in [2.05, 4.69) is 0 Å². The third-order valence-electron chi connectivity index (χ3n) is 4.61. The summed E-state index contributed by atoms with van der Waals surface area (Å²) in [5.74, 6) is -0.311. The second-order valence-corrected chi connectivity index (χ2v) is 8.65. The van der Waals surface area contributed by atoms with Crippen LogP contribution in [-0.2, 0) is 19.4 Å². The fourth-order valence-corrected chi connectivity index (χ4v) is 4.72. The highest BCUT2D eigenvalue weighted by Gasteiger charge is 2.36. The first kappa shape index (κ1) is 20.2. The maximum atomic E-state index is 12.6. The zero-order valence-corrected chi connectivity index (χ0v) is 16.1. The minimum absolute atomic E-state index is 0.0322. The highest BCUT2D eigenvalue weighted by Crippen LogP contribution is 2.21. The molecule has 7 nitrogen and oxygen atoms in total. The van der Waals surface area contributed by atoms with Gasteiger partial charge >= 0.3 is 5.97 Å². The molecule has 8 heteroatoms. The number of ether oxygens (including phenoxy) is 2. The highest BCUT2D eigenvalue weighted by atomic mass is 32.2. The molecule has 1 aliphatic heterocycles. The fourth-order valence-electron chi connectivity index (χ4n) is 3.01. The van der Waals surface area contributed by atoms with Crippen molar-refractivity contribution >= 4 is 21.7 Å². The van der Waals surface area contributed by atoms with Crippen LogP contribution in [0, 0.1) is 0 Å². The van der Waals surface area contributed by atoms with Gasteiger partial charge in [0.1, 0.15) is 5.75 Å². The molecule has 0 spiro atoms. The quantitative estimate of drug-likeness (QED) is 0.665. The van der Waals surface area contributed by atoms with Gasteiger partial charge in [0.25, 0.3) is 5.91 Å². The van der Waals surface area contributed by atoms with Crippen LogP contribution >= 0.6 is 0 Å². The van der Waals surface area contributed by atoms with E-state index >= 15 is 0 Å². The lowest BCUT2D eigenvalue weighted by Crippen LogP contribution is -2.48. The molecule has 0 N–H and O–H groups in total. The lowest BCUT2D eigenvalue weighted by atomic mass is 10.1. The first-order valence-electron chi connectivity index (χ1n) is 8.60. The zero-order valence-electron chi connectivity index (χ0n) is 15.3. The third-order valence-corrected chi connectivity index (χ3v) is 6.36. The zero-order chi connectivity index (χ0) is 19.3. The molecule has 1 aromatic carbocycles. The molecule has 1 aliphatic rings. The van der Waals surface area contributed by atoms with Crippen molar-refractivity contribution in [1.29, 1.82) is 0 Å². The second kappa shape index (κ2) is 8.53. The van der Waals surface area contributed by atoms with Crippen molar-refractivity contribution < 1.29 is 27.5 Å². The number of amides is 1. The molecule has 0 bridgehead atoms. The normalized spacial score (nSPS) is 19.6. The smallest absolute Gasteiger partial charge is 0.338 e. The Kier molecular flexibility index (Phi) is 6.63. The number of sulfone groups is 1. The van der Waals surface area contributed by atoms with E-state index in [0.29, 0.717) is 24.2 Å². The van der Waals surface area contributed by atoms with Gasteiger partial charge in [0.15, 0.2) is 16.4 Å². The maximum absolute atomic E-state index is 12.6. The number of hydrogen-bond donors (Lipinski definition) is 0. The Hall–Kier alpha value is -2.09. The number of nitrogens with zero attached hydrogens (tertiary/aromatic N) is 1. The molecule has 1 aromatic rings. The number of carbonyl (C=O) groups excluding carboxylic acids is 2. The average molecular weight is 383 g/mol. The van der Waals surface area contributed by atoms with Gasteiger partial charge in [-0.25, -0.2) is 13.2 Å². The van der Waals surface area contributed by atoms with Crippen molar-refractivity contribution in [1.82, 2.24) is 4.90 Å². The number of hydrogen-bond acceptors (Lipinski definition) is 6. The van der Waals surface area contributed by atoms with Gasteiger partial charge in [0.05, 0.1) is 24.2 Å². The summed E-state index contributed by atoms with van der Waals surface area (Å²) in [6, 6.07) is 5.90. The first-order valence-corrected chi connectivity index (χ1v) is 10.4. The molecule has 2 rings (SSSR count). The first-order chi connectivity index (χ1) is 12.3. The molecule has 0 aromatic heterocycles. The predicted octanol–water partition coefficient (Wildman–Crippen LogP) is 1.67. The van der Waals surface area contributed by atoms with E-state index in [1.165, 1.54) is 7.11 Å². The molecule has 0 saturated carbocycles. The summed E-state index contributed by atoms with van der Waals surface area (Å²) in [7, 11) is -1.58. The summed E-state index contributed by atoms with van der Waals surface area (Å²) >= 11 is 0. The summed E-state index contributed by atoms with van der Waals surface area (Å²) in [5.41, 5.74) is 0.317. The van der Waals surface area contributed by atoms with Crippen molar-refractivity contribution in [3.05, 3.63) is 29.8 Å². The average Bonchev–Trinajstić information content (AvgIpc) is 2.99. The molecule has 1 fully saturated rings. The van der Waals surface area contributed by atoms with E-state index in [9.17, 15) is 18.0 Å².